The molecule has 2 N–H and O–H groups in total. The highest BCUT2D eigenvalue weighted by Gasteiger charge is 2.22. The second kappa shape index (κ2) is 7.24. The molecule has 15 heavy (non-hydrogen) atoms. The molecule has 1 aliphatic rings. The maximum Gasteiger partial charge on any atom is 0.0431 e. The van der Waals surface area contributed by atoms with Crippen molar-refractivity contribution in [3.05, 3.63) is 0 Å². The molecule has 0 radical (unpaired) electrons. The molecule has 0 aliphatic heterocycles. The van der Waals surface area contributed by atoms with Gasteiger partial charge in [0.1, 0.15) is 0 Å². The van der Waals surface area contributed by atoms with Crippen LogP contribution in [0.2, 0.25) is 0 Å². The van der Waals surface area contributed by atoms with Crippen LogP contribution in [0.15, 0.2) is 0 Å². The number of nitrogens with one attached hydrogen (secondary N) is 1. The van der Waals surface area contributed by atoms with E-state index in [1.165, 1.54) is 25.7 Å². The maximum atomic E-state index is 8.67. The van der Waals surface area contributed by atoms with Crippen LogP contribution in [0, 0.1) is 11.8 Å². The summed E-state index contributed by atoms with van der Waals surface area (Å²) in [5, 5.41) is 12.3. The lowest BCUT2D eigenvalue weighted by Crippen LogP contribution is -2.34. The Labute approximate surface area is 94.5 Å². The van der Waals surface area contributed by atoms with Crippen LogP contribution in [0.3, 0.4) is 0 Å². The van der Waals surface area contributed by atoms with E-state index in [1.54, 1.807) is 0 Å². The van der Waals surface area contributed by atoms with Gasteiger partial charge in [0.05, 0.1) is 0 Å². The molecular weight excluding hydrogens is 186 g/mol. The van der Waals surface area contributed by atoms with Crippen molar-refractivity contribution >= 4 is 0 Å². The predicted molar refractivity (Wildman–Crippen MR) is 64.9 cm³/mol. The zero-order chi connectivity index (χ0) is 11.1. The summed E-state index contributed by atoms with van der Waals surface area (Å²) in [6.45, 7) is 6.11. The third-order valence-corrected chi connectivity index (χ3v) is 3.73. The molecule has 0 atom stereocenters. The van der Waals surface area contributed by atoms with Crippen LogP contribution in [0.4, 0.5) is 0 Å². The largest absolute Gasteiger partial charge is 0.396 e. The first kappa shape index (κ1) is 13.0. The molecule has 1 saturated carbocycles. The van der Waals surface area contributed by atoms with Gasteiger partial charge >= 0.3 is 0 Å². The highest BCUT2D eigenvalue weighted by Crippen LogP contribution is 2.29. The highest BCUT2D eigenvalue weighted by molar-refractivity contribution is 4.78. The first-order chi connectivity index (χ1) is 7.24. The minimum absolute atomic E-state index is 0.335. The Morgan fingerprint density at radius 3 is 2.33 bits per heavy atom. The number of hydrogen-bond donors (Lipinski definition) is 2. The van der Waals surface area contributed by atoms with Gasteiger partial charge in [-0.2, -0.15) is 0 Å². The van der Waals surface area contributed by atoms with Crippen molar-refractivity contribution in [1.29, 1.82) is 0 Å². The molecule has 90 valence electrons. The van der Waals surface area contributed by atoms with Crippen LogP contribution >= 0.6 is 0 Å². The summed E-state index contributed by atoms with van der Waals surface area (Å²) in [6.07, 6.45) is 7.55. The van der Waals surface area contributed by atoms with Crippen molar-refractivity contribution in [1.82, 2.24) is 5.32 Å². The zero-order valence-corrected chi connectivity index (χ0v) is 10.3. The Hall–Kier alpha value is -0.0800. The molecule has 0 spiro atoms. The van der Waals surface area contributed by atoms with Crippen LogP contribution in [0.1, 0.15) is 52.4 Å². The van der Waals surface area contributed by atoms with E-state index in [0.29, 0.717) is 6.61 Å². The van der Waals surface area contributed by atoms with Crippen molar-refractivity contribution in [2.75, 3.05) is 13.2 Å². The number of unbranched alkanes of at least 4 members (excludes halogenated alkanes) is 1. The highest BCUT2D eigenvalue weighted by atomic mass is 16.2. The van der Waals surface area contributed by atoms with E-state index < -0.39 is 0 Å². The van der Waals surface area contributed by atoms with Gasteiger partial charge in [0, 0.05) is 12.6 Å². The number of aliphatic hydroxyl groups is 1. The minimum Gasteiger partial charge on any atom is -0.396 e. The van der Waals surface area contributed by atoms with Gasteiger partial charge in [0.15, 0.2) is 0 Å². The molecule has 0 bridgehead atoms. The van der Waals surface area contributed by atoms with E-state index in [0.717, 1.165) is 37.3 Å². The molecule has 2 heteroatoms. The molecule has 0 aromatic rings. The van der Waals surface area contributed by atoms with Crippen LogP contribution < -0.4 is 5.32 Å². The standard InChI is InChI=1S/C13H27NO/c1-11(2)12-5-7-13(8-6-12)14-9-3-4-10-15/h11-15H,3-10H2,1-2H3. The SMILES string of the molecule is CC(C)C1CCC(NCCCCO)CC1. The van der Waals surface area contributed by atoms with Gasteiger partial charge in [0.2, 0.25) is 0 Å². The summed E-state index contributed by atoms with van der Waals surface area (Å²) in [5.74, 6) is 1.82. The van der Waals surface area contributed by atoms with Crippen molar-refractivity contribution in [2.24, 2.45) is 11.8 Å². The van der Waals surface area contributed by atoms with Crippen LogP contribution in [0.5, 0.6) is 0 Å². The first-order valence-corrected chi connectivity index (χ1v) is 6.58. The number of hydrogen-bond acceptors (Lipinski definition) is 2. The third-order valence-electron chi connectivity index (χ3n) is 3.73. The second-order valence-electron chi connectivity index (χ2n) is 5.24. The topological polar surface area (TPSA) is 32.3 Å². The van der Waals surface area contributed by atoms with Gasteiger partial charge in [-0.3, -0.25) is 0 Å². The Bertz CT molecular complexity index is 151. The van der Waals surface area contributed by atoms with E-state index in [1.807, 2.05) is 0 Å². The molecule has 0 aromatic heterocycles. The van der Waals surface area contributed by atoms with E-state index >= 15 is 0 Å². The zero-order valence-electron chi connectivity index (χ0n) is 10.3. The van der Waals surface area contributed by atoms with Gasteiger partial charge in [0.25, 0.3) is 0 Å². The molecule has 0 aromatic carbocycles. The summed E-state index contributed by atoms with van der Waals surface area (Å²) in [7, 11) is 0. The van der Waals surface area contributed by atoms with Gasteiger partial charge in [-0.1, -0.05) is 13.8 Å². The monoisotopic (exact) mass is 213 g/mol. The molecule has 0 unspecified atom stereocenters. The van der Waals surface area contributed by atoms with Crippen LogP contribution in [-0.4, -0.2) is 24.3 Å². The van der Waals surface area contributed by atoms with E-state index in [-0.39, 0.29) is 0 Å². The van der Waals surface area contributed by atoms with Crippen LogP contribution in [0.25, 0.3) is 0 Å². The molecule has 2 nitrogen and oxygen atoms in total. The first-order valence-electron chi connectivity index (χ1n) is 6.58. The lowest BCUT2D eigenvalue weighted by Gasteiger charge is -2.31. The molecular formula is C13H27NO. The molecule has 1 fully saturated rings. The van der Waals surface area contributed by atoms with Crippen molar-refractivity contribution < 1.29 is 5.11 Å². The van der Waals surface area contributed by atoms with Gasteiger partial charge in [-0.15, -0.1) is 0 Å². The van der Waals surface area contributed by atoms with E-state index in [4.69, 9.17) is 5.11 Å². The smallest absolute Gasteiger partial charge is 0.0431 e. The Morgan fingerprint density at radius 2 is 1.80 bits per heavy atom. The van der Waals surface area contributed by atoms with Crippen molar-refractivity contribution in [3.8, 4) is 0 Å². The fourth-order valence-corrected chi connectivity index (χ4v) is 2.53. The van der Waals surface area contributed by atoms with Gasteiger partial charge in [-0.25, -0.2) is 0 Å². The van der Waals surface area contributed by atoms with Crippen molar-refractivity contribution in [3.63, 3.8) is 0 Å². The molecule has 1 aliphatic carbocycles. The average Bonchev–Trinajstić information content (AvgIpc) is 2.25. The van der Waals surface area contributed by atoms with Crippen LogP contribution in [-0.2, 0) is 0 Å². The Kier molecular flexibility index (Phi) is 6.26. The quantitative estimate of drug-likeness (QED) is 0.665. The molecule has 0 amide bonds. The third kappa shape index (κ3) is 4.98. The predicted octanol–water partition coefficient (Wildman–Crippen LogP) is 2.56. The average molecular weight is 213 g/mol. The van der Waals surface area contributed by atoms with Gasteiger partial charge < -0.3 is 10.4 Å². The Morgan fingerprint density at radius 1 is 1.13 bits per heavy atom. The summed E-state index contributed by atoms with van der Waals surface area (Å²) < 4.78 is 0. The summed E-state index contributed by atoms with van der Waals surface area (Å²) >= 11 is 0. The second-order valence-corrected chi connectivity index (χ2v) is 5.24. The fraction of sp³-hybridized carbons (Fsp3) is 1.00. The normalized spacial score (nSPS) is 27.2. The number of aliphatic hydroxyl groups excluding tert-OH is 1. The Balaban J connectivity index is 2.04. The minimum atomic E-state index is 0.335. The number of rotatable bonds is 6. The summed E-state index contributed by atoms with van der Waals surface area (Å²) in [5.41, 5.74) is 0. The lowest BCUT2D eigenvalue weighted by molar-refractivity contribution is 0.235. The van der Waals surface area contributed by atoms with E-state index in [9.17, 15) is 0 Å². The summed E-state index contributed by atoms with van der Waals surface area (Å²) in [4.78, 5) is 0. The lowest BCUT2D eigenvalue weighted by atomic mass is 9.80. The molecule has 0 saturated heterocycles. The molecule has 0 heterocycles. The van der Waals surface area contributed by atoms with E-state index in [2.05, 4.69) is 19.2 Å². The van der Waals surface area contributed by atoms with Crippen molar-refractivity contribution in [2.45, 2.75) is 58.4 Å². The fourth-order valence-electron chi connectivity index (χ4n) is 2.53. The summed E-state index contributed by atoms with van der Waals surface area (Å²) in [6, 6.07) is 0.749. The molecule has 1 rings (SSSR count). The van der Waals surface area contributed by atoms with Gasteiger partial charge in [-0.05, 0) is 56.9 Å². The maximum absolute atomic E-state index is 8.67.